The summed E-state index contributed by atoms with van der Waals surface area (Å²) in [5.74, 6) is 0. The van der Waals surface area contributed by atoms with Gasteiger partial charge in [0.2, 0.25) is 6.20 Å². The first-order valence-electron chi connectivity index (χ1n) is 6.17. The van der Waals surface area contributed by atoms with E-state index in [4.69, 9.17) is 0 Å². The lowest BCUT2D eigenvalue weighted by molar-refractivity contribution is -0.400. The zero-order valence-electron chi connectivity index (χ0n) is 11.6. The Balaban J connectivity index is 2.52. The van der Waals surface area contributed by atoms with Crippen LogP contribution >= 0.6 is 22.6 Å². The quantitative estimate of drug-likeness (QED) is 0.453. The molecule has 0 aliphatic heterocycles. The molecule has 2 aromatic rings. The molecule has 1 aromatic heterocycles. The van der Waals surface area contributed by atoms with Gasteiger partial charge in [-0.1, -0.05) is 6.07 Å². The summed E-state index contributed by atoms with van der Waals surface area (Å²) in [7, 11) is 0. The summed E-state index contributed by atoms with van der Waals surface area (Å²) in [6, 6.07) is 8.24. The number of aromatic nitrogens is 1. The largest absolute Gasteiger partial charge is 0.318 e. The smallest absolute Gasteiger partial charge is 0.235 e. The molecule has 0 spiro atoms. The maximum atomic E-state index is 10.4. The van der Waals surface area contributed by atoms with E-state index in [0.717, 1.165) is 28.8 Å². The van der Waals surface area contributed by atoms with E-state index in [9.17, 15) is 10.1 Å². The molecule has 0 saturated carbocycles. The lowest BCUT2D eigenvalue weighted by Gasteiger charge is -2.11. The molecular weight excluding hydrogens is 367 g/mol. The highest BCUT2D eigenvalue weighted by Gasteiger charge is 2.10. The monoisotopic (exact) mass is 382 g/mol. The van der Waals surface area contributed by atoms with E-state index < -0.39 is 4.92 Å². The molecule has 1 aromatic carbocycles. The maximum absolute atomic E-state index is 10.4. The van der Waals surface area contributed by atoms with Crippen LogP contribution in [0.5, 0.6) is 0 Å². The maximum Gasteiger partial charge on any atom is 0.235 e. The molecule has 0 saturated heterocycles. The second kappa shape index (κ2) is 5.78. The van der Waals surface area contributed by atoms with Gasteiger partial charge < -0.3 is 4.57 Å². The van der Waals surface area contributed by atoms with E-state index in [0.29, 0.717) is 0 Å². The fraction of sp³-hybridized carbons (Fsp3) is 0.200. The average Bonchev–Trinajstić information content (AvgIpc) is 2.65. The first-order valence-corrected chi connectivity index (χ1v) is 7.25. The van der Waals surface area contributed by atoms with Gasteiger partial charge in [0.15, 0.2) is 0 Å². The molecule has 104 valence electrons. The van der Waals surface area contributed by atoms with Crippen molar-refractivity contribution in [3.05, 3.63) is 66.7 Å². The van der Waals surface area contributed by atoms with Crippen LogP contribution in [0.4, 0.5) is 0 Å². The molecule has 0 bridgehead atoms. The van der Waals surface area contributed by atoms with Gasteiger partial charge in [-0.25, -0.2) is 0 Å². The summed E-state index contributed by atoms with van der Waals surface area (Å²) in [5, 5.41) is 10.4. The Morgan fingerprint density at radius 2 is 1.95 bits per heavy atom. The summed E-state index contributed by atoms with van der Waals surface area (Å²) in [4.78, 5) is 10.00. The third-order valence-corrected chi connectivity index (χ3v) is 4.42. The van der Waals surface area contributed by atoms with Crippen LogP contribution in [0.1, 0.15) is 22.5 Å². The Labute approximate surface area is 131 Å². The molecule has 0 fully saturated rings. The molecule has 4 nitrogen and oxygen atoms in total. The van der Waals surface area contributed by atoms with Crippen molar-refractivity contribution in [1.29, 1.82) is 0 Å². The van der Waals surface area contributed by atoms with Crippen LogP contribution < -0.4 is 0 Å². The normalized spacial score (nSPS) is 11.2. The zero-order valence-corrected chi connectivity index (χ0v) is 13.7. The van der Waals surface area contributed by atoms with Crippen molar-refractivity contribution in [3.8, 4) is 5.69 Å². The van der Waals surface area contributed by atoms with E-state index in [1.165, 1.54) is 15.2 Å². The van der Waals surface area contributed by atoms with Crippen LogP contribution in [0.2, 0.25) is 0 Å². The van der Waals surface area contributed by atoms with E-state index >= 15 is 0 Å². The Kier molecular flexibility index (Phi) is 4.27. The second-order valence-corrected chi connectivity index (χ2v) is 5.86. The summed E-state index contributed by atoms with van der Waals surface area (Å²) in [6.45, 7) is 6.05. The van der Waals surface area contributed by atoms with Gasteiger partial charge in [0.25, 0.3) is 0 Å². The third kappa shape index (κ3) is 2.92. The summed E-state index contributed by atoms with van der Waals surface area (Å²) in [5.41, 5.74) is 5.25. The van der Waals surface area contributed by atoms with Crippen molar-refractivity contribution < 1.29 is 4.92 Å². The average molecular weight is 382 g/mol. The van der Waals surface area contributed by atoms with Crippen LogP contribution in [0.25, 0.3) is 11.8 Å². The molecule has 0 N–H and O–H groups in total. The van der Waals surface area contributed by atoms with E-state index in [1.54, 1.807) is 0 Å². The lowest BCUT2D eigenvalue weighted by atomic mass is 10.2. The van der Waals surface area contributed by atoms with Crippen LogP contribution in [0.15, 0.2) is 30.5 Å². The molecule has 0 aliphatic carbocycles. The first kappa shape index (κ1) is 14.8. The molecule has 0 radical (unpaired) electrons. The Bertz CT molecular complexity index is 702. The van der Waals surface area contributed by atoms with Crippen molar-refractivity contribution in [2.45, 2.75) is 20.8 Å². The highest BCUT2D eigenvalue weighted by Crippen LogP contribution is 2.24. The van der Waals surface area contributed by atoms with Gasteiger partial charge in [-0.3, -0.25) is 10.1 Å². The minimum absolute atomic E-state index is 0.444. The van der Waals surface area contributed by atoms with Crippen molar-refractivity contribution in [2.75, 3.05) is 0 Å². The Hall–Kier alpha value is -1.63. The molecule has 2 rings (SSSR count). The van der Waals surface area contributed by atoms with Gasteiger partial charge >= 0.3 is 0 Å². The van der Waals surface area contributed by atoms with Crippen molar-refractivity contribution >= 4 is 28.7 Å². The van der Waals surface area contributed by atoms with Gasteiger partial charge in [-0.15, -0.1) is 0 Å². The number of aryl methyl sites for hydroxylation is 2. The van der Waals surface area contributed by atoms with Crippen molar-refractivity contribution in [1.82, 2.24) is 4.57 Å². The summed E-state index contributed by atoms with van der Waals surface area (Å²) >= 11 is 2.32. The van der Waals surface area contributed by atoms with Gasteiger partial charge in [-0.2, -0.15) is 0 Å². The molecular formula is C15H15IN2O2. The predicted octanol–water partition coefficient (Wildman–Crippen LogP) is 4.25. The van der Waals surface area contributed by atoms with Gasteiger partial charge in [0, 0.05) is 32.3 Å². The molecule has 5 heteroatoms. The summed E-state index contributed by atoms with van der Waals surface area (Å²) in [6.07, 6.45) is 2.52. The van der Waals surface area contributed by atoms with Crippen LogP contribution in [0, 0.1) is 34.5 Å². The second-order valence-electron chi connectivity index (χ2n) is 4.70. The highest BCUT2D eigenvalue weighted by molar-refractivity contribution is 14.1. The summed E-state index contributed by atoms with van der Waals surface area (Å²) < 4.78 is 3.32. The number of rotatable bonds is 3. The van der Waals surface area contributed by atoms with Crippen molar-refractivity contribution in [3.63, 3.8) is 0 Å². The van der Waals surface area contributed by atoms with Crippen LogP contribution in [-0.4, -0.2) is 9.49 Å². The zero-order chi connectivity index (χ0) is 14.9. The van der Waals surface area contributed by atoms with Crippen molar-refractivity contribution in [2.24, 2.45) is 0 Å². The van der Waals surface area contributed by atoms with Gasteiger partial charge in [0.1, 0.15) is 0 Å². The van der Waals surface area contributed by atoms with E-state index in [-0.39, 0.29) is 0 Å². The fourth-order valence-electron chi connectivity index (χ4n) is 2.22. The highest BCUT2D eigenvalue weighted by atomic mass is 127. The number of nitrogens with zero attached hydrogens (tertiary/aromatic N) is 2. The van der Waals surface area contributed by atoms with E-state index in [2.05, 4.69) is 52.3 Å². The first-order chi connectivity index (χ1) is 9.40. The minimum atomic E-state index is -0.444. The third-order valence-electron chi connectivity index (χ3n) is 3.26. The standard InChI is InChI=1S/C15H15IN2O2/c1-10-4-5-14(9-15(10)16)18-11(2)8-13(12(18)3)6-7-17(19)20/h4-9H,1-3H3/b7-6+. The number of hydrogen-bond acceptors (Lipinski definition) is 2. The fourth-order valence-corrected chi connectivity index (χ4v) is 2.71. The molecule has 0 unspecified atom stereocenters. The lowest BCUT2D eigenvalue weighted by Crippen LogP contribution is -2.00. The predicted molar refractivity (Wildman–Crippen MR) is 88.7 cm³/mol. The topological polar surface area (TPSA) is 48.1 Å². The number of nitro groups is 1. The molecule has 0 atom stereocenters. The SMILES string of the molecule is Cc1ccc(-n2c(C)cc(/C=C/[N+](=O)[O-])c2C)cc1I. The Morgan fingerprint density at radius 3 is 2.55 bits per heavy atom. The molecule has 20 heavy (non-hydrogen) atoms. The van der Waals surface area contributed by atoms with Crippen LogP contribution in [0.3, 0.4) is 0 Å². The molecule has 1 heterocycles. The minimum Gasteiger partial charge on any atom is -0.318 e. The number of benzene rings is 1. The molecule has 0 amide bonds. The van der Waals surface area contributed by atoms with Gasteiger partial charge in [-0.05, 0) is 67.1 Å². The number of hydrogen-bond donors (Lipinski definition) is 0. The van der Waals surface area contributed by atoms with Gasteiger partial charge in [0.05, 0.1) is 4.92 Å². The number of halogens is 1. The Morgan fingerprint density at radius 1 is 1.25 bits per heavy atom. The van der Waals surface area contributed by atoms with E-state index in [1.807, 2.05) is 19.9 Å². The van der Waals surface area contributed by atoms with Crippen LogP contribution in [-0.2, 0) is 0 Å². The molecule has 0 aliphatic rings.